The molecule has 4 aromatic rings. The second-order valence-electron chi connectivity index (χ2n) is 10.1. The number of nitrogens with zero attached hydrogens (tertiary/aromatic N) is 4. The zero-order valence-electron chi connectivity index (χ0n) is 23.4. The molecule has 0 aliphatic carbocycles. The van der Waals surface area contributed by atoms with E-state index < -0.39 is 34.9 Å². The third-order valence-corrected chi connectivity index (χ3v) is 7.99. The van der Waals surface area contributed by atoms with Gasteiger partial charge in [0.2, 0.25) is 5.91 Å². The highest BCUT2D eigenvalue weighted by atomic mass is 32.1. The second-order valence-corrected chi connectivity index (χ2v) is 10.9. The van der Waals surface area contributed by atoms with Crippen LogP contribution < -0.4 is 21.2 Å². The van der Waals surface area contributed by atoms with Gasteiger partial charge in [-0.2, -0.15) is 13.2 Å². The molecular weight excluding hydrogens is 601 g/mol. The summed E-state index contributed by atoms with van der Waals surface area (Å²) in [5.74, 6) is -1.54. The first kappa shape index (κ1) is 30.7. The Morgan fingerprint density at radius 1 is 1.14 bits per heavy atom. The van der Waals surface area contributed by atoms with E-state index in [-0.39, 0.29) is 27.7 Å². The summed E-state index contributed by atoms with van der Waals surface area (Å²) < 4.78 is 41.8. The van der Waals surface area contributed by atoms with Gasteiger partial charge in [-0.15, -0.1) is 11.3 Å². The molecule has 1 aliphatic rings. The van der Waals surface area contributed by atoms with Crippen LogP contribution in [0.3, 0.4) is 0 Å². The molecule has 4 heterocycles. The highest BCUT2D eigenvalue weighted by Gasteiger charge is 2.34. The van der Waals surface area contributed by atoms with Gasteiger partial charge in [0.25, 0.3) is 0 Å². The molecule has 0 spiro atoms. The first-order valence-corrected chi connectivity index (χ1v) is 14.6. The average molecular weight is 628 g/mol. The van der Waals surface area contributed by atoms with Gasteiger partial charge in [0.05, 0.1) is 17.0 Å². The smallest absolute Gasteiger partial charge is 0.434 e. The van der Waals surface area contributed by atoms with E-state index in [9.17, 15) is 37.5 Å². The zero-order valence-corrected chi connectivity index (χ0v) is 24.2. The normalized spacial score (nSPS) is 13.5. The van der Waals surface area contributed by atoms with Crippen molar-refractivity contribution in [3.63, 3.8) is 0 Å². The third kappa shape index (κ3) is 6.41. The molecule has 0 unspecified atom stereocenters. The summed E-state index contributed by atoms with van der Waals surface area (Å²) in [4.78, 5) is 58.9. The van der Waals surface area contributed by atoms with Gasteiger partial charge in [-0.25, -0.2) is 14.8 Å². The Balaban J connectivity index is 1.59. The quantitative estimate of drug-likeness (QED) is 0.287. The van der Waals surface area contributed by atoms with Crippen molar-refractivity contribution in [1.82, 2.24) is 24.8 Å². The summed E-state index contributed by atoms with van der Waals surface area (Å²) in [6, 6.07) is 5.50. The van der Waals surface area contributed by atoms with E-state index in [1.807, 2.05) is 0 Å². The van der Waals surface area contributed by atoms with Gasteiger partial charge < -0.3 is 24.7 Å². The molecule has 1 aromatic carbocycles. The van der Waals surface area contributed by atoms with Crippen LogP contribution in [-0.2, 0) is 17.5 Å². The maximum Gasteiger partial charge on any atom is 0.434 e. The molecule has 11 nitrogen and oxygen atoms in total. The van der Waals surface area contributed by atoms with Crippen molar-refractivity contribution >= 4 is 46.0 Å². The van der Waals surface area contributed by atoms with Crippen molar-refractivity contribution in [2.24, 2.45) is 0 Å². The van der Waals surface area contributed by atoms with Gasteiger partial charge in [0.1, 0.15) is 10.8 Å². The third-order valence-electron chi connectivity index (χ3n) is 7.12. The number of carboxylic acids is 1. The second kappa shape index (κ2) is 12.4. The van der Waals surface area contributed by atoms with Crippen molar-refractivity contribution in [3.8, 4) is 21.7 Å². The molecule has 230 valence electrons. The highest BCUT2D eigenvalue weighted by molar-refractivity contribution is 7.13. The van der Waals surface area contributed by atoms with Crippen molar-refractivity contribution in [2.45, 2.75) is 38.9 Å². The molecule has 1 saturated heterocycles. The van der Waals surface area contributed by atoms with Crippen LogP contribution in [0.2, 0.25) is 0 Å². The molecule has 3 amide bonds. The number of nitrogens with one attached hydrogen (secondary N) is 2. The largest absolute Gasteiger partial charge is 0.545 e. The van der Waals surface area contributed by atoms with Gasteiger partial charge >= 0.3 is 12.2 Å². The number of likely N-dealkylation sites (tertiary alicyclic amines) is 1. The number of thiazole rings is 1. The van der Waals surface area contributed by atoms with Crippen LogP contribution in [-0.4, -0.2) is 57.0 Å². The van der Waals surface area contributed by atoms with E-state index >= 15 is 0 Å². The lowest BCUT2D eigenvalue weighted by Gasteiger charge is -2.18. The summed E-state index contributed by atoms with van der Waals surface area (Å²) in [5, 5.41) is 17.8. The molecule has 1 fully saturated rings. The number of urea groups is 1. The molecule has 44 heavy (non-hydrogen) atoms. The number of halogens is 3. The molecule has 0 radical (unpaired) electrons. The minimum absolute atomic E-state index is 0.00821. The van der Waals surface area contributed by atoms with Crippen LogP contribution in [0.15, 0.2) is 46.8 Å². The number of aromatic nitrogens is 3. The van der Waals surface area contributed by atoms with E-state index in [1.165, 1.54) is 24.5 Å². The predicted octanol–water partition coefficient (Wildman–Crippen LogP) is 3.72. The number of hydrogen-bond acceptors (Lipinski definition) is 8. The van der Waals surface area contributed by atoms with E-state index in [1.54, 1.807) is 28.5 Å². The maximum absolute atomic E-state index is 13.4. The van der Waals surface area contributed by atoms with E-state index in [4.69, 9.17) is 0 Å². The number of aryl methyl sites for hydroxylation is 1. The number of amides is 3. The van der Waals surface area contributed by atoms with Gasteiger partial charge in [-0.05, 0) is 43.5 Å². The van der Waals surface area contributed by atoms with Crippen LogP contribution in [0.4, 0.5) is 23.8 Å². The fourth-order valence-electron chi connectivity index (χ4n) is 5.05. The molecule has 0 saturated carbocycles. The molecule has 3 aromatic heterocycles. The summed E-state index contributed by atoms with van der Waals surface area (Å²) >= 11 is 0.744. The Morgan fingerprint density at radius 3 is 2.59 bits per heavy atom. The van der Waals surface area contributed by atoms with Crippen molar-refractivity contribution in [3.05, 3.63) is 63.5 Å². The van der Waals surface area contributed by atoms with Crippen LogP contribution in [0.5, 0.6) is 0 Å². The van der Waals surface area contributed by atoms with Crippen molar-refractivity contribution in [2.75, 3.05) is 25.0 Å². The van der Waals surface area contributed by atoms with E-state index in [2.05, 4.69) is 20.6 Å². The number of rotatable bonds is 9. The van der Waals surface area contributed by atoms with E-state index in [0.717, 1.165) is 23.1 Å². The first-order chi connectivity index (χ1) is 21.0. The van der Waals surface area contributed by atoms with E-state index in [0.29, 0.717) is 55.7 Å². The Labute approximate surface area is 252 Å². The Morgan fingerprint density at radius 2 is 1.93 bits per heavy atom. The van der Waals surface area contributed by atoms with Crippen LogP contribution >= 0.6 is 11.3 Å². The van der Waals surface area contributed by atoms with Crippen molar-refractivity contribution < 1.29 is 32.7 Å². The lowest BCUT2D eigenvalue weighted by molar-refractivity contribution is -0.255. The SMILES string of the molecule is CCNC(=O)Nc1cc(-c2nc(C(F)(F)F)cs2)c(-c2ccc3c(c2)c(=O)c(C(=O)[O-])cn3CCCN2CCCC2=O)cn1. The number of pyridine rings is 2. The summed E-state index contributed by atoms with van der Waals surface area (Å²) in [7, 11) is 0. The molecule has 1 aliphatic heterocycles. The van der Waals surface area contributed by atoms with Gasteiger partial charge in [0, 0.05) is 66.9 Å². The van der Waals surface area contributed by atoms with Crippen LogP contribution in [0.1, 0.15) is 42.2 Å². The Bertz CT molecular complexity index is 1820. The number of benzene rings is 1. The minimum atomic E-state index is -4.68. The standard InChI is InChI=1S/C29H27F3N6O5S/c1-2-33-28(43)36-23-12-17(26-35-22(15-44-26)29(30,31)32)19(13-34-23)16-6-7-21-18(11-16)25(40)20(27(41)42)14-38(21)10-4-9-37-8-3-5-24(37)39/h6-7,11-15H,2-5,8-10H2,1H3,(H,41,42)(H2,33,34,36,43)/p-1. The maximum atomic E-state index is 13.4. The number of aromatic carboxylic acids is 1. The average Bonchev–Trinajstić information content (AvgIpc) is 3.64. The summed E-state index contributed by atoms with van der Waals surface area (Å²) in [6.45, 7) is 3.49. The van der Waals surface area contributed by atoms with Gasteiger partial charge in [-0.3, -0.25) is 14.9 Å². The zero-order chi connectivity index (χ0) is 31.6. The molecule has 0 atom stereocenters. The molecule has 2 N–H and O–H groups in total. The summed E-state index contributed by atoms with van der Waals surface area (Å²) in [6.07, 6.45) is -0.332. The van der Waals surface area contributed by atoms with Gasteiger partial charge in [0.15, 0.2) is 11.1 Å². The lowest BCUT2D eigenvalue weighted by Crippen LogP contribution is -2.30. The number of fused-ring (bicyclic) bond motifs is 1. The highest BCUT2D eigenvalue weighted by Crippen LogP contribution is 2.39. The molecule has 0 bridgehead atoms. The lowest BCUT2D eigenvalue weighted by atomic mass is 9.99. The molecular formula is C29H26F3N6O5S-. The fourth-order valence-corrected chi connectivity index (χ4v) is 5.90. The Hall–Kier alpha value is -4.79. The number of carboxylic acid groups (broad SMARTS) is 1. The fraction of sp³-hybridized carbons (Fsp3) is 0.310. The number of carbonyl (C=O) groups excluding carboxylic acids is 3. The van der Waals surface area contributed by atoms with Crippen LogP contribution in [0.25, 0.3) is 32.6 Å². The van der Waals surface area contributed by atoms with Crippen molar-refractivity contribution in [1.29, 1.82) is 0 Å². The number of alkyl halides is 3. The first-order valence-electron chi connectivity index (χ1n) is 13.7. The predicted molar refractivity (Wildman–Crippen MR) is 155 cm³/mol. The summed E-state index contributed by atoms with van der Waals surface area (Å²) in [5.41, 5.74) is -1.14. The minimum Gasteiger partial charge on any atom is -0.545 e. The van der Waals surface area contributed by atoms with Gasteiger partial charge in [-0.1, -0.05) is 6.07 Å². The van der Waals surface area contributed by atoms with Crippen LogP contribution in [0, 0.1) is 0 Å². The monoisotopic (exact) mass is 627 g/mol. The number of carbonyl (C=O) groups is 3. The molecule has 5 rings (SSSR count). The molecule has 15 heteroatoms. The number of anilines is 1. The Kier molecular flexibility index (Phi) is 8.67. The topological polar surface area (TPSA) is 149 Å². The number of hydrogen-bond donors (Lipinski definition) is 2.